The van der Waals surface area contributed by atoms with Gasteiger partial charge in [0.25, 0.3) is 17.2 Å². The number of non-ortho nitro benzene ring substituents is 1. The predicted octanol–water partition coefficient (Wildman–Crippen LogP) is 1.68. The lowest BCUT2D eigenvalue weighted by Gasteiger charge is -2.06. The zero-order valence-electron chi connectivity index (χ0n) is 10.9. The molecule has 0 spiro atoms. The molecule has 8 heteroatoms. The maximum absolute atomic E-state index is 13.2. The first kappa shape index (κ1) is 14.4. The van der Waals surface area contributed by atoms with Gasteiger partial charge in [0.2, 0.25) is 0 Å². The van der Waals surface area contributed by atoms with Crippen molar-refractivity contribution in [2.75, 3.05) is 5.32 Å². The van der Waals surface area contributed by atoms with Gasteiger partial charge in [-0.25, -0.2) is 4.39 Å². The fourth-order valence-electron chi connectivity index (χ4n) is 1.64. The molecule has 21 heavy (non-hydrogen) atoms. The van der Waals surface area contributed by atoms with Gasteiger partial charge in [0.15, 0.2) is 0 Å². The number of hydrogen-bond donors (Lipinski definition) is 1. The molecule has 1 heterocycles. The molecule has 108 valence electrons. The second-order valence-electron chi connectivity index (χ2n) is 4.27. The number of carbonyl (C=O) groups excluding carboxylic acids is 1. The molecule has 0 saturated carbocycles. The SMILES string of the molecule is Cn1ccc(C(=O)Nc2cc(F)cc([N+](=O)[O-])c2)cc1=O. The van der Waals surface area contributed by atoms with E-state index in [1.54, 1.807) is 0 Å². The molecular weight excluding hydrogens is 281 g/mol. The molecule has 0 unspecified atom stereocenters. The Bertz CT molecular complexity index is 785. The molecule has 0 fully saturated rings. The Labute approximate surface area is 117 Å². The second kappa shape index (κ2) is 5.53. The number of halogens is 1. The number of carbonyl (C=O) groups is 1. The molecule has 1 N–H and O–H groups in total. The van der Waals surface area contributed by atoms with Crippen LogP contribution in [0.25, 0.3) is 0 Å². The fraction of sp³-hybridized carbons (Fsp3) is 0.0769. The van der Waals surface area contributed by atoms with Gasteiger partial charge in [0.05, 0.1) is 16.7 Å². The Balaban J connectivity index is 2.29. The Kier molecular flexibility index (Phi) is 3.79. The quantitative estimate of drug-likeness (QED) is 0.687. The number of anilines is 1. The summed E-state index contributed by atoms with van der Waals surface area (Å²) in [5, 5.41) is 12.9. The van der Waals surface area contributed by atoms with Gasteiger partial charge in [0.1, 0.15) is 5.82 Å². The summed E-state index contributed by atoms with van der Waals surface area (Å²) >= 11 is 0. The van der Waals surface area contributed by atoms with Crippen molar-refractivity contribution in [3.8, 4) is 0 Å². The van der Waals surface area contributed by atoms with Crippen LogP contribution in [-0.2, 0) is 7.05 Å². The lowest BCUT2D eigenvalue weighted by Crippen LogP contribution is -2.20. The third-order valence-electron chi connectivity index (χ3n) is 2.72. The molecule has 0 radical (unpaired) electrons. The summed E-state index contributed by atoms with van der Waals surface area (Å²) in [6.45, 7) is 0. The number of nitro benzene ring substituents is 1. The van der Waals surface area contributed by atoms with Gasteiger partial charge in [-0.1, -0.05) is 0 Å². The first-order valence-corrected chi connectivity index (χ1v) is 5.80. The molecule has 2 aromatic rings. The number of rotatable bonds is 3. The lowest BCUT2D eigenvalue weighted by molar-refractivity contribution is -0.385. The van der Waals surface area contributed by atoms with Crippen LogP contribution in [0.4, 0.5) is 15.8 Å². The Hall–Kier alpha value is -3.03. The molecule has 0 aliphatic rings. The monoisotopic (exact) mass is 291 g/mol. The highest BCUT2D eigenvalue weighted by Gasteiger charge is 2.13. The highest BCUT2D eigenvalue weighted by Crippen LogP contribution is 2.20. The standard InChI is InChI=1S/C13H10FN3O4/c1-16-3-2-8(4-12(16)18)13(19)15-10-5-9(14)6-11(7-10)17(20)21/h2-7H,1H3,(H,15,19). The van der Waals surface area contributed by atoms with Crippen molar-refractivity contribution in [2.45, 2.75) is 0 Å². The van der Waals surface area contributed by atoms with Crippen molar-refractivity contribution in [1.82, 2.24) is 4.57 Å². The number of nitro groups is 1. The van der Waals surface area contributed by atoms with Crippen LogP contribution in [0, 0.1) is 15.9 Å². The van der Waals surface area contributed by atoms with Gasteiger partial charge in [-0.15, -0.1) is 0 Å². The predicted molar refractivity (Wildman–Crippen MR) is 72.7 cm³/mol. The van der Waals surface area contributed by atoms with Gasteiger partial charge in [-0.05, 0) is 12.1 Å². The first-order chi connectivity index (χ1) is 9.86. The highest BCUT2D eigenvalue weighted by atomic mass is 19.1. The fourth-order valence-corrected chi connectivity index (χ4v) is 1.64. The van der Waals surface area contributed by atoms with Gasteiger partial charge in [0, 0.05) is 30.9 Å². The van der Waals surface area contributed by atoms with Crippen molar-refractivity contribution in [1.29, 1.82) is 0 Å². The molecule has 7 nitrogen and oxygen atoms in total. The molecule has 0 aliphatic heterocycles. The number of nitrogens with one attached hydrogen (secondary N) is 1. The van der Waals surface area contributed by atoms with Crippen LogP contribution in [0.5, 0.6) is 0 Å². The van der Waals surface area contributed by atoms with Gasteiger partial charge >= 0.3 is 0 Å². The van der Waals surface area contributed by atoms with Crippen molar-refractivity contribution in [2.24, 2.45) is 7.05 Å². The number of hydrogen-bond acceptors (Lipinski definition) is 4. The van der Waals surface area contributed by atoms with E-state index in [0.29, 0.717) is 0 Å². The highest BCUT2D eigenvalue weighted by molar-refractivity contribution is 6.04. The van der Waals surface area contributed by atoms with Crippen LogP contribution >= 0.6 is 0 Å². The maximum Gasteiger partial charge on any atom is 0.274 e. The normalized spacial score (nSPS) is 10.2. The zero-order valence-corrected chi connectivity index (χ0v) is 10.9. The summed E-state index contributed by atoms with van der Waals surface area (Å²) in [7, 11) is 1.53. The van der Waals surface area contributed by atoms with E-state index in [9.17, 15) is 24.1 Å². The summed E-state index contributed by atoms with van der Waals surface area (Å²) in [4.78, 5) is 33.2. The number of nitrogens with zero attached hydrogens (tertiary/aromatic N) is 2. The Morgan fingerprint density at radius 2 is 2.05 bits per heavy atom. The molecule has 1 aromatic carbocycles. The Morgan fingerprint density at radius 1 is 1.33 bits per heavy atom. The summed E-state index contributed by atoms with van der Waals surface area (Å²) in [5.41, 5.74) is -0.848. The van der Waals surface area contributed by atoms with Gasteiger partial charge in [-0.3, -0.25) is 19.7 Å². The van der Waals surface area contributed by atoms with Crippen LogP contribution in [0.1, 0.15) is 10.4 Å². The average Bonchev–Trinajstić information content (AvgIpc) is 2.41. The number of benzene rings is 1. The van der Waals surface area contributed by atoms with Gasteiger partial charge < -0.3 is 9.88 Å². The lowest BCUT2D eigenvalue weighted by atomic mass is 10.2. The van der Waals surface area contributed by atoms with Crippen LogP contribution in [0.2, 0.25) is 0 Å². The number of aryl methyl sites for hydroxylation is 1. The minimum absolute atomic E-state index is 0.0626. The van der Waals surface area contributed by atoms with Crippen LogP contribution < -0.4 is 10.9 Å². The van der Waals surface area contributed by atoms with Crippen LogP contribution in [0.15, 0.2) is 41.3 Å². The number of pyridine rings is 1. The van der Waals surface area contributed by atoms with Crippen molar-refractivity contribution < 1.29 is 14.1 Å². The molecule has 0 aliphatic carbocycles. The van der Waals surface area contributed by atoms with E-state index in [1.807, 2.05) is 0 Å². The minimum Gasteiger partial charge on any atom is -0.322 e. The molecule has 2 rings (SSSR count). The van der Waals surface area contributed by atoms with Crippen molar-refractivity contribution in [3.05, 3.63) is 68.4 Å². The number of aromatic nitrogens is 1. The van der Waals surface area contributed by atoms with E-state index in [0.717, 1.165) is 24.3 Å². The summed E-state index contributed by atoms with van der Waals surface area (Å²) in [6.07, 6.45) is 1.41. The second-order valence-corrected chi connectivity index (χ2v) is 4.27. The maximum atomic E-state index is 13.2. The van der Waals surface area contributed by atoms with Crippen LogP contribution in [0.3, 0.4) is 0 Å². The van der Waals surface area contributed by atoms with E-state index in [4.69, 9.17) is 0 Å². The molecular formula is C13H10FN3O4. The van der Waals surface area contributed by atoms with E-state index in [2.05, 4.69) is 5.32 Å². The smallest absolute Gasteiger partial charge is 0.274 e. The average molecular weight is 291 g/mol. The zero-order chi connectivity index (χ0) is 15.6. The van der Waals surface area contributed by atoms with Crippen molar-refractivity contribution in [3.63, 3.8) is 0 Å². The Morgan fingerprint density at radius 3 is 2.67 bits per heavy atom. The first-order valence-electron chi connectivity index (χ1n) is 5.80. The van der Waals surface area contributed by atoms with E-state index < -0.39 is 22.3 Å². The topological polar surface area (TPSA) is 94.2 Å². The summed E-state index contributed by atoms with van der Waals surface area (Å²) in [5.74, 6) is -1.50. The van der Waals surface area contributed by atoms with E-state index in [-0.39, 0.29) is 16.8 Å². The number of amides is 1. The largest absolute Gasteiger partial charge is 0.322 e. The molecule has 0 bridgehead atoms. The van der Waals surface area contributed by atoms with Gasteiger partial charge in [-0.2, -0.15) is 0 Å². The summed E-state index contributed by atoms with van der Waals surface area (Å²) in [6, 6.07) is 5.25. The third kappa shape index (κ3) is 3.30. The van der Waals surface area contributed by atoms with E-state index in [1.165, 1.54) is 23.9 Å². The summed E-state index contributed by atoms with van der Waals surface area (Å²) < 4.78 is 14.5. The van der Waals surface area contributed by atoms with Crippen LogP contribution in [-0.4, -0.2) is 15.4 Å². The molecule has 0 atom stereocenters. The third-order valence-corrected chi connectivity index (χ3v) is 2.72. The van der Waals surface area contributed by atoms with Crippen molar-refractivity contribution >= 4 is 17.3 Å². The molecule has 1 aromatic heterocycles. The molecule has 1 amide bonds. The molecule has 0 saturated heterocycles. The minimum atomic E-state index is -0.844. The van der Waals surface area contributed by atoms with E-state index >= 15 is 0 Å².